The van der Waals surface area contributed by atoms with Crippen molar-refractivity contribution in [3.63, 3.8) is 0 Å². The summed E-state index contributed by atoms with van der Waals surface area (Å²) in [5, 5.41) is 2.05. The maximum Gasteiger partial charge on any atom is 0.243 e. The molecule has 2 aromatic carbocycles. The first-order valence-electron chi connectivity index (χ1n) is 10.2. The number of thiophene rings is 1. The Bertz CT molecular complexity index is 1300. The summed E-state index contributed by atoms with van der Waals surface area (Å²) < 4.78 is 28.2. The van der Waals surface area contributed by atoms with Crippen LogP contribution in [-0.4, -0.2) is 31.5 Å². The van der Waals surface area contributed by atoms with E-state index in [1.165, 1.54) is 0 Å². The molecule has 5 rings (SSSR count). The molecule has 0 amide bonds. The SMILES string of the molecule is Cc1ccc(S(=O)(=O)N2CC3=C(CC(c4cccs4)=NC(c4ccccc4)=C3)C2)cc1. The Morgan fingerprint density at radius 1 is 0.935 bits per heavy atom. The van der Waals surface area contributed by atoms with E-state index < -0.39 is 10.0 Å². The molecular formula is C25H22N2O2S2. The molecule has 2 aliphatic rings. The van der Waals surface area contributed by atoms with E-state index >= 15 is 0 Å². The summed E-state index contributed by atoms with van der Waals surface area (Å²) in [6.07, 6.45) is 2.72. The first-order valence-corrected chi connectivity index (χ1v) is 12.5. The number of aryl methyl sites for hydroxylation is 1. The molecule has 6 heteroatoms. The molecule has 2 aliphatic heterocycles. The molecule has 1 aromatic heterocycles. The maximum absolute atomic E-state index is 13.3. The monoisotopic (exact) mass is 446 g/mol. The average Bonchev–Trinajstić information content (AvgIpc) is 3.41. The summed E-state index contributed by atoms with van der Waals surface area (Å²) >= 11 is 1.66. The highest BCUT2D eigenvalue weighted by atomic mass is 32.2. The molecule has 0 atom stereocenters. The van der Waals surface area contributed by atoms with Crippen LogP contribution in [-0.2, 0) is 10.0 Å². The molecule has 0 bridgehead atoms. The van der Waals surface area contributed by atoms with Gasteiger partial charge in [0.25, 0.3) is 0 Å². The predicted octanol–water partition coefficient (Wildman–Crippen LogP) is 5.29. The zero-order valence-electron chi connectivity index (χ0n) is 17.2. The zero-order chi connectivity index (χ0) is 21.4. The lowest BCUT2D eigenvalue weighted by molar-refractivity contribution is 0.481. The van der Waals surface area contributed by atoms with Gasteiger partial charge in [0.15, 0.2) is 0 Å². The van der Waals surface area contributed by atoms with Gasteiger partial charge in [-0.05, 0) is 47.7 Å². The molecule has 0 radical (unpaired) electrons. The van der Waals surface area contributed by atoms with Gasteiger partial charge in [0.1, 0.15) is 0 Å². The summed E-state index contributed by atoms with van der Waals surface area (Å²) in [6.45, 7) is 2.72. The van der Waals surface area contributed by atoms with Crippen molar-refractivity contribution in [2.45, 2.75) is 18.2 Å². The van der Waals surface area contributed by atoms with E-state index in [-0.39, 0.29) is 0 Å². The number of hydrogen-bond donors (Lipinski definition) is 0. The van der Waals surface area contributed by atoms with E-state index in [9.17, 15) is 8.42 Å². The minimum Gasteiger partial charge on any atom is -0.251 e. The number of nitrogens with zero attached hydrogens (tertiary/aromatic N) is 2. The number of rotatable bonds is 4. The number of hydrogen-bond acceptors (Lipinski definition) is 4. The fourth-order valence-electron chi connectivity index (χ4n) is 3.94. The van der Waals surface area contributed by atoms with Crippen molar-refractivity contribution >= 4 is 32.8 Å². The van der Waals surface area contributed by atoms with E-state index in [4.69, 9.17) is 4.99 Å². The summed E-state index contributed by atoms with van der Waals surface area (Å²) in [5.74, 6) is 0. The Kier molecular flexibility index (Phi) is 5.22. The fourth-order valence-corrected chi connectivity index (χ4v) is 6.07. The van der Waals surface area contributed by atoms with Gasteiger partial charge >= 0.3 is 0 Å². The minimum absolute atomic E-state index is 0.343. The Balaban J connectivity index is 1.52. The first-order chi connectivity index (χ1) is 15.0. The van der Waals surface area contributed by atoms with Crippen LogP contribution < -0.4 is 0 Å². The average molecular weight is 447 g/mol. The molecule has 4 nitrogen and oxygen atoms in total. The summed E-state index contributed by atoms with van der Waals surface area (Å²) in [4.78, 5) is 6.47. The van der Waals surface area contributed by atoms with Crippen LogP contribution in [0.1, 0.15) is 22.4 Å². The number of sulfonamides is 1. The normalized spacial score (nSPS) is 17.2. The summed E-state index contributed by atoms with van der Waals surface area (Å²) in [6, 6.07) is 21.2. The van der Waals surface area contributed by atoms with E-state index in [0.717, 1.165) is 38.6 Å². The number of benzene rings is 2. The van der Waals surface area contributed by atoms with Crippen molar-refractivity contribution in [2.24, 2.45) is 4.99 Å². The Morgan fingerprint density at radius 2 is 1.71 bits per heavy atom. The lowest BCUT2D eigenvalue weighted by Gasteiger charge is -2.17. The molecule has 0 unspecified atom stereocenters. The molecule has 0 fully saturated rings. The highest BCUT2D eigenvalue weighted by Gasteiger charge is 2.33. The van der Waals surface area contributed by atoms with E-state index in [2.05, 4.69) is 12.1 Å². The third-order valence-electron chi connectivity index (χ3n) is 5.65. The number of aliphatic imine (C=N–C) groups is 1. The maximum atomic E-state index is 13.3. The van der Waals surface area contributed by atoms with Crippen molar-refractivity contribution in [2.75, 3.05) is 13.1 Å². The molecule has 3 aromatic rings. The van der Waals surface area contributed by atoms with Crippen LogP contribution in [0.25, 0.3) is 5.70 Å². The largest absolute Gasteiger partial charge is 0.251 e. The molecule has 31 heavy (non-hydrogen) atoms. The second-order valence-corrected chi connectivity index (χ2v) is 10.7. The quantitative estimate of drug-likeness (QED) is 0.547. The molecule has 0 spiro atoms. The molecular weight excluding hydrogens is 424 g/mol. The summed E-state index contributed by atoms with van der Waals surface area (Å²) in [7, 11) is -3.55. The fraction of sp³-hybridized carbons (Fsp3) is 0.160. The van der Waals surface area contributed by atoms with Crippen LogP contribution in [0.3, 0.4) is 0 Å². The van der Waals surface area contributed by atoms with Gasteiger partial charge < -0.3 is 0 Å². The lowest BCUT2D eigenvalue weighted by atomic mass is 10.0. The van der Waals surface area contributed by atoms with Crippen LogP contribution >= 0.6 is 11.3 Å². The van der Waals surface area contributed by atoms with Crippen LogP contribution in [0.5, 0.6) is 0 Å². The van der Waals surface area contributed by atoms with Crippen molar-refractivity contribution < 1.29 is 8.42 Å². The molecule has 0 saturated carbocycles. The van der Waals surface area contributed by atoms with Gasteiger partial charge in [-0.1, -0.05) is 54.1 Å². The van der Waals surface area contributed by atoms with E-state index in [1.807, 2.05) is 60.8 Å². The highest BCUT2D eigenvalue weighted by Crippen LogP contribution is 2.34. The van der Waals surface area contributed by atoms with Crippen LogP contribution in [0.15, 0.2) is 99.2 Å². The first kappa shape index (κ1) is 20.1. The Labute approximate surface area is 186 Å². The van der Waals surface area contributed by atoms with Gasteiger partial charge in [-0.25, -0.2) is 8.42 Å². The highest BCUT2D eigenvalue weighted by molar-refractivity contribution is 7.89. The smallest absolute Gasteiger partial charge is 0.243 e. The molecule has 156 valence electrons. The third kappa shape index (κ3) is 3.94. The Morgan fingerprint density at radius 3 is 2.42 bits per heavy atom. The van der Waals surface area contributed by atoms with Gasteiger partial charge in [0, 0.05) is 30.0 Å². The van der Waals surface area contributed by atoms with Gasteiger partial charge in [-0.3, -0.25) is 4.99 Å². The van der Waals surface area contributed by atoms with E-state index in [1.54, 1.807) is 27.8 Å². The van der Waals surface area contributed by atoms with Gasteiger partial charge in [-0.15, -0.1) is 11.3 Å². The zero-order valence-corrected chi connectivity index (χ0v) is 18.8. The second-order valence-electron chi connectivity index (χ2n) is 7.82. The predicted molar refractivity (Wildman–Crippen MR) is 127 cm³/mol. The second kappa shape index (κ2) is 8.04. The summed E-state index contributed by atoms with van der Waals surface area (Å²) in [5.41, 5.74) is 6.11. The van der Waals surface area contributed by atoms with Crippen LogP contribution in [0.2, 0.25) is 0 Å². The lowest BCUT2D eigenvalue weighted by Crippen LogP contribution is -2.30. The van der Waals surface area contributed by atoms with E-state index in [0.29, 0.717) is 24.4 Å². The topological polar surface area (TPSA) is 49.7 Å². The third-order valence-corrected chi connectivity index (χ3v) is 8.37. The standard InChI is InChI=1S/C25H22N2O2S2/c1-18-9-11-22(12-10-18)31(28,29)27-16-20-14-23(19-6-3-2-4-7-19)26-24(15-21(20)17-27)25-8-5-13-30-25/h2-14H,15-17H2,1H3. The van der Waals surface area contributed by atoms with Crippen molar-refractivity contribution in [3.8, 4) is 0 Å². The Hall–Kier alpha value is -2.80. The van der Waals surface area contributed by atoms with Crippen molar-refractivity contribution in [3.05, 3.63) is 105 Å². The van der Waals surface area contributed by atoms with Crippen molar-refractivity contribution in [1.82, 2.24) is 4.31 Å². The minimum atomic E-state index is -3.55. The van der Waals surface area contributed by atoms with Crippen molar-refractivity contribution in [1.29, 1.82) is 0 Å². The van der Waals surface area contributed by atoms with Crippen LogP contribution in [0, 0.1) is 6.92 Å². The van der Waals surface area contributed by atoms with Gasteiger partial charge in [-0.2, -0.15) is 4.31 Å². The molecule has 3 heterocycles. The van der Waals surface area contributed by atoms with Gasteiger partial charge in [0.2, 0.25) is 10.0 Å². The molecule has 0 aliphatic carbocycles. The molecule has 0 N–H and O–H groups in total. The van der Waals surface area contributed by atoms with Crippen LogP contribution in [0.4, 0.5) is 0 Å². The molecule has 0 saturated heterocycles. The van der Waals surface area contributed by atoms with Gasteiger partial charge in [0.05, 0.1) is 16.3 Å².